The number of rotatable bonds is 10. The van der Waals surface area contributed by atoms with E-state index in [0.717, 1.165) is 64.5 Å². The molecule has 2 N–H and O–H groups in total. The molecular formula is C35H45N7O3Si. The van der Waals surface area contributed by atoms with E-state index in [1.807, 2.05) is 57.1 Å². The van der Waals surface area contributed by atoms with Crippen LogP contribution in [0, 0.1) is 6.92 Å². The number of aromatic nitrogens is 3. The van der Waals surface area contributed by atoms with Crippen molar-refractivity contribution in [1.82, 2.24) is 29.9 Å². The van der Waals surface area contributed by atoms with Crippen LogP contribution in [0.25, 0.3) is 10.9 Å². The Balaban J connectivity index is 1.10. The van der Waals surface area contributed by atoms with E-state index in [1.165, 1.54) is 0 Å². The minimum absolute atomic E-state index is 0.0656. The first kappa shape index (κ1) is 31.7. The number of ether oxygens (including phenoxy) is 1. The molecule has 1 saturated heterocycles. The van der Waals surface area contributed by atoms with Crippen LogP contribution in [-0.4, -0.2) is 70.4 Å². The second-order valence-corrected chi connectivity index (χ2v) is 19.4. The molecule has 0 aliphatic carbocycles. The Morgan fingerprint density at radius 2 is 1.89 bits per heavy atom. The molecule has 0 bridgehead atoms. The summed E-state index contributed by atoms with van der Waals surface area (Å²) in [5.41, 5.74) is 5.97. The molecule has 10 nitrogen and oxygen atoms in total. The highest BCUT2D eigenvalue weighted by molar-refractivity contribution is 6.76. The van der Waals surface area contributed by atoms with Gasteiger partial charge in [-0.15, -0.1) is 0 Å². The number of anilines is 1. The zero-order valence-electron chi connectivity index (χ0n) is 27.3. The molecule has 0 saturated carbocycles. The Kier molecular flexibility index (Phi) is 9.41. The molecule has 1 unspecified atom stereocenters. The van der Waals surface area contributed by atoms with Gasteiger partial charge in [0, 0.05) is 63.8 Å². The number of carbonyl (C=O) groups is 2. The summed E-state index contributed by atoms with van der Waals surface area (Å²) in [6.45, 7) is 12.1. The number of para-hydroxylation sites is 1. The van der Waals surface area contributed by atoms with Gasteiger partial charge in [0.2, 0.25) is 0 Å². The highest BCUT2D eigenvalue weighted by atomic mass is 28.3. The number of urea groups is 2. The molecule has 1 fully saturated rings. The maximum atomic E-state index is 13.6. The van der Waals surface area contributed by atoms with Gasteiger partial charge >= 0.3 is 12.1 Å². The monoisotopic (exact) mass is 639 g/mol. The van der Waals surface area contributed by atoms with E-state index >= 15 is 0 Å². The maximum absolute atomic E-state index is 13.6. The number of likely N-dealkylation sites (tertiary alicyclic amines) is 1. The SMILES string of the molecule is Cc1cc(CC(NC(=O)N2CCC(N3Cc4ccccc4NC3=O)CC2)c2ccccn2)cc2cn(COCC[Si](C)(C)C)nc12. The van der Waals surface area contributed by atoms with E-state index in [9.17, 15) is 9.59 Å². The molecule has 242 valence electrons. The van der Waals surface area contributed by atoms with Gasteiger partial charge in [0.25, 0.3) is 0 Å². The first-order valence-electron chi connectivity index (χ1n) is 16.3. The molecule has 2 aliphatic rings. The fourth-order valence-corrected chi connectivity index (χ4v) is 7.10. The van der Waals surface area contributed by atoms with Crippen molar-refractivity contribution < 1.29 is 14.3 Å². The van der Waals surface area contributed by atoms with Crippen molar-refractivity contribution in [1.29, 1.82) is 0 Å². The summed E-state index contributed by atoms with van der Waals surface area (Å²) < 4.78 is 7.81. The summed E-state index contributed by atoms with van der Waals surface area (Å²) in [5.74, 6) is 0. The Bertz CT molecular complexity index is 1680. The predicted octanol–water partition coefficient (Wildman–Crippen LogP) is 6.56. The van der Waals surface area contributed by atoms with Gasteiger partial charge in [-0.25, -0.2) is 14.3 Å². The number of carbonyl (C=O) groups excluding carboxylic acids is 2. The molecule has 1 atom stereocenters. The molecule has 4 aromatic rings. The van der Waals surface area contributed by atoms with Gasteiger partial charge in [0.15, 0.2) is 0 Å². The molecule has 2 aliphatic heterocycles. The van der Waals surface area contributed by atoms with Crippen LogP contribution in [-0.2, 0) is 24.4 Å². The van der Waals surface area contributed by atoms with E-state index in [2.05, 4.69) is 60.4 Å². The largest absolute Gasteiger partial charge is 0.360 e. The normalized spacial score (nSPS) is 16.3. The zero-order valence-corrected chi connectivity index (χ0v) is 28.3. The molecule has 2 aromatic carbocycles. The fraction of sp³-hybridized carbons (Fsp3) is 0.429. The lowest BCUT2D eigenvalue weighted by atomic mass is 9.99. The number of benzene rings is 2. The third-order valence-electron chi connectivity index (χ3n) is 8.96. The summed E-state index contributed by atoms with van der Waals surface area (Å²) in [4.78, 5) is 34.9. The highest BCUT2D eigenvalue weighted by Gasteiger charge is 2.33. The minimum Gasteiger partial charge on any atom is -0.360 e. The van der Waals surface area contributed by atoms with Gasteiger partial charge in [-0.2, -0.15) is 5.10 Å². The van der Waals surface area contributed by atoms with Crippen molar-refractivity contribution in [3.05, 3.63) is 89.4 Å². The van der Waals surface area contributed by atoms with Crippen LogP contribution < -0.4 is 10.6 Å². The van der Waals surface area contributed by atoms with E-state index in [1.54, 1.807) is 6.20 Å². The van der Waals surface area contributed by atoms with Crippen molar-refractivity contribution >= 4 is 36.7 Å². The fourth-order valence-electron chi connectivity index (χ4n) is 6.34. The summed E-state index contributed by atoms with van der Waals surface area (Å²) in [6, 6.07) is 18.8. The van der Waals surface area contributed by atoms with Crippen LogP contribution in [0.5, 0.6) is 0 Å². The smallest absolute Gasteiger partial charge is 0.322 e. The number of aryl methyl sites for hydroxylation is 1. The molecule has 0 radical (unpaired) electrons. The minimum atomic E-state index is -1.14. The van der Waals surface area contributed by atoms with E-state index in [0.29, 0.717) is 32.8 Å². The molecule has 0 spiro atoms. The number of nitrogens with zero attached hydrogens (tertiary/aromatic N) is 5. The van der Waals surface area contributed by atoms with E-state index < -0.39 is 8.07 Å². The molecular weight excluding hydrogens is 595 g/mol. The van der Waals surface area contributed by atoms with Gasteiger partial charge in [-0.05, 0) is 73.2 Å². The Morgan fingerprint density at radius 1 is 1.11 bits per heavy atom. The molecule has 6 rings (SSSR count). The number of hydrogen-bond donors (Lipinski definition) is 2. The van der Waals surface area contributed by atoms with E-state index in [-0.39, 0.29) is 24.1 Å². The number of hydrogen-bond acceptors (Lipinski definition) is 5. The maximum Gasteiger partial charge on any atom is 0.322 e. The lowest BCUT2D eigenvalue weighted by molar-refractivity contribution is 0.0791. The zero-order chi connectivity index (χ0) is 32.3. The molecule has 4 amide bonds. The van der Waals surface area contributed by atoms with Crippen LogP contribution >= 0.6 is 0 Å². The lowest BCUT2D eigenvalue weighted by Gasteiger charge is -2.40. The number of nitrogens with one attached hydrogen (secondary N) is 2. The quantitative estimate of drug-likeness (QED) is 0.151. The Hall–Kier alpha value is -4.22. The number of amides is 4. The van der Waals surface area contributed by atoms with Crippen LogP contribution in [0.2, 0.25) is 25.7 Å². The third-order valence-corrected chi connectivity index (χ3v) is 10.7. The topological polar surface area (TPSA) is 105 Å². The summed E-state index contributed by atoms with van der Waals surface area (Å²) in [7, 11) is -1.14. The average molecular weight is 640 g/mol. The predicted molar refractivity (Wildman–Crippen MR) is 183 cm³/mol. The summed E-state index contributed by atoms with van der Waals surface area (Å²) in [5, 5.41) is 12.1. The Morgan fingerprint density at radius 3 is 2.65 bits per heavy atom. The molecule has 2 aromatic heterocycles. The van der Waals surface area contributed by atoms with Crippen molar-refractivity contribution in [3.63, 3.8) is 0 Å². The van der Waals surface area contributed by atoms with Crippen molar-refractivity contribution in [2.24, 2.45) is 0 Å². The van der Waals surface area contributed by atoms with Crippen LogP contribution in [0.1, 0.15) is 41.3 Å². The Labute approximate surface area is 272 Å². The molecule has 11 heteroatoms. The standard InChI is InChI=1S/C35H45N7O3Si/c1-25-19-26(20-28-22-41(39-33(25)28)24-45-17-18-46(2,3)4)21-32(31-11-7-8-14-36-31)38-34(43)40-15-12-29(13-16-40)42-23-27-9-5-6-10-30(27)37-35(42)44/h5-11,14,19-20,22,29,32H,12-13,15-18,21,23-24H2,1-4H3,(H,37,44)(H,38,43). The second-order valence-electron chi connectivity index (χ2n) is 13.8. The van der Waals surface area contributed by atoms with Crippen LogP contribution in [0.15, 0.2) is 67.0 Å². The van der Waals surface area contributed by atoms with Gasteiger partial charge < -0.3 is 25.2 Å². The third kappa shape index (κ3) is 7.59. The van der Waals surface area contributed by atoms with Crippen LogP contribution in [0.4, 0.5) is 15.3 Å². The number of piperidine rings is 1. The van der Waals surface area contributed by atoms with Gasteiger partial charge in [-0.1, -0.05) is 50.0 Å². The number of fused-ring (bicyclic) bond motifs is 2. The summed E-state index contributed by atoms with van der Waals surface area (Å²) >= 11 is 0. The highest BCUT2D eigenvalue weighted by Crippen LogP contribution is 2.28. The van der Waals surface area contributed by atoms with Gasteiger partial charge in [-0.3, -0.25) is 4.98 Å². The van der Waals surface area contributed by atoms with Crippen molar-refractivity contribution in [3.8, 4) is 0 Å². The number of pyridine rings is 1. The van der Waals surface area contributed by atoms with Crippen molar-refractivity contribution in [2.75, 3.05) is 25.0 Å². The molecule has 4 heterocycles. The molecule has 46 heavy (non-hydrogen) atoms. The van der Waals surface area contributed by atoms with Gasteiger partial charge in [0.05, 0.1) is 17.3 Å². The van der Waals surface area contributed by atoms with Crippen LogP contribution in [0.3, 0.4) is 0 Å². The van der Waals surface area contributed by atoms with E-state index in [4.69, 9.17) is 9.84 Å². The lowest BCUT2D eigenvalue weighted by Crippen LogP contribution is -2.53. The second kappa shape index (κ2) is 13.6. The average Bonchev–Trinajstić information content (AvgIpc) is 3.46. The van der Waals surface area contributed by atoms with Gasteiger partial charge in [0.1, 0.15) is 6.73 Å². The first-order chi connectivity index (χ1) is 22.1. The summed E-state index contributed by atoms with van der Waals surface area (Å²) in [6.07, 6.45) is 5.88. The van der Waals surface area contributed by atoms with Crippen molar-refractivity contribution in [2.45, 2.75) is 77.2 Å². The first-order valence-corrected chi connectivity index (χ1v) is 20.0.